The van der Waals surface area contributed by atoms with Crippen molar-refractivity contribution in [2.24, 2.45) is 0 Å². The van der Waals surface area contributed by atoms with Crippen LogP contribution >= 0.6 is 11.3 Å². The van der Waals surface area contributed by atoms with Gasteiger partial charge in [0, 0.05) is 36.8 Å². The topological polar surface area (TPSA) is 39.8 Å². The number of imidazole rings is 1. The summed E-state index contributed by atoms with van der Waals surface area (Å²) in [6.45, 7) is 7.59. The molecule has 0 fully saturated rings. The van der Waals surface area contributed by atoms with Crippen LogP contribution in [0.4, 0.5) is 0 Å². The van der Waals surface area contributed by atoms with Gasteiger partial charge < -0.3 is 9.13 Å². The molecule has 0 radical (unpaired) electrons. The van der Waals surface area contributed by atoms with Gasteiger partial charge in [0.2, 0.25) is 0 Å². The number of rotatable bonds is 4. The standard InChI is InChI=1S/C12H17N3OS/c1-4-11-13-9(2)7-14(11)5-6-15-10(3)8-17-12(15)16/h7-8H,4-6H2,1-3H3. The largest absolute Gasteiger partial charge is 0.333 e. The Hall–Kier alpha value is -1.36. The summed E-state index contributed by atoms with van der Waals surface area (Å²) in [5.41, 5.74) is 2.08. The van der Waals surface area contributed by atoms with E-state index in [0.717, 1.165) is 36.7 Å². The summed E-state index contributed by atoms with van der Waals surface area (Å²) < 4.78 is 3.96. The normalized spacial score (nSPS) is 11.0. The summed E-state index contributed by atoms with van der Waals surface area (Å²) in [4.78, 5) is 16.2. The van der Waals surface area contributed by atoms with Gasteiger partial charge in [-0.1, -0.05) is 18.3 Å². The first-order chi connectivity index (χ1) is 8.11. The van der Waals surface area contributed by atoms with Crippen LogP contribution in [0.2, 0.25) is 0 Å². The maximum atomic E-state index is 11.6. The molecule has 4 nitrogen and oxygen atoms in total. The van der Waals surface area contributed by atoms with E-state index in [9.17, 15) is 4.79 Å². The predicted octanol–water partition coefficient (Wildman–Crippen LogP) is 1.99. The van der Waals surface area contributed by atoms with E-state index in [1.807, 2.05) is 30.0 Å². The zero-order valence-corrected chi connectivity index (χ0v) is 11.3. The highest BCUT2D eigenvalue weighted by Crippen LogP contribution is 2.05. The minimum absolute atomic E-state index is 0.123. The minimum atomic E-state index is 0.123. The third-order valence-electron chi connectivity index (χ3n) is 2.84. The van der Waals surface area contributed by atoms with Crippen molar-refractivity contribution in [3.05, 3.63) is 38.5 Å². The molecule has 2 heterocycles. The van der Waals surface area contributed by atoms with Gasteiger partial charge in [-0.05, 0) is 13.8 Å². The van der Waals surface area contributed by atoms with Gasteiger partial charge in [0.05, 0.1) is 5.69 Å². The van der Waals surface area contributed by atoms with Crippen LogP contribution in [0.1, 0.15) is 24.1 Å². The fourth-order valence-electron chi connectivity index (χ4n) is 1.95. The van der Waals surface area contributed by atoms with Crippen LogP contribution in [0, 0.1) is 13.8 Å². The van der Waals surface area contributed by atoms with E-state index in [1.165, 1.54) is 11.3 Å². The summed E-state index contributed by atoms with van der Waals surface area (Å²) in [7, 11) is 0. The van der Waals surface area contributed by atoms with Gasteiger partial charge in [-0.15, -0.1) is 0 Å². The molecule has 0 aromatic carbocycles. The van der Waals surface area contributed by atoms with Gasteiger partial charge in [0.15, 0.2) is 0 Å². The second-order valence-electron chi connectivity index (χ2n) is 4.14. The van der Waals surface area contributed by atoms with Crippen LogP contribution < -0.4 is 4.87 Å². The highest BCUT2D eigenvalue weighted by molar-refractivity contribution is 7.07. The number of thiazole rings is 1. The lowest BCUT2D eigenvalue weighted by atomic mass is 10.4. The molecule has 0 aliphatic heterocycles. The number of nitrogens with zero attached hydrogens (tertiary/aromatic N) is 3. The molecule has 0 unspecified atom stereocenters. The highest BCUT2D eigenvalue weighted by Gasteiger charge is 2.06. The third kappa shape index (κ3) is 2.49. The summed E-state index contributed by atoms with van der Waals surface area (Å²) >= 11 is 1.26. The monoisotopic (exact) mass is 251 g/mol. The van der Waals surface area contributed by atoms with Crippen molar-refractivity contribution in [1.29, 1.82) is 0 Å². The molecule has 0 saturated carbocycles. The molecule has 0 N–H and O–H groups in total. The summed E-state index contributed by atoms with van der Waals surface area (Å²) in [5.74, 6) is 1.09. The molecule has 2 aromatic heterocycles. The lowest BCUT2D eigenvalue weighted by Gasteiger charge is -2.07. The Morgan fingerprint density at radius 3 is 2.71 bits per heavy atom. The van der Waals surface area contributed by atoms with Gasteiger partial charge in [0.25, 0.3) is 0 Å². The van der Waals surface area contributed by atoms with Gasteiger partial charge in [-0.3, -0.25) is 4.79 Å². The first-order valence-electron chi connectivity index (χ1n) is 5.79. The van der Waals surface area contributed by atoms with Crippen LogP contribution in [0.25, 0.3) is 0 Å². The lowest BCUT2D eigenvalue weighted by molar-refractivity contribution is 0.548. The van der Waals surface area contributed by atoms with E-state index >= 15 is 0 Å². The Labute approximate surface area is 105 Å². The lowest BCUT2D eigenvalue weighted by Crippen LogP contribution is -2.18. The van der Waals surface area contributed by atoms with E-state index in [4.69, 9.17) is 0 Å². The maximum absolute atomic E-state index is 11.6. The van der Waals surface area contributed by atoms with E-state index in [2.05, 4.69) is 16.5 Å². The molecule has 17 heavy (non-hydrogen) atoms. The summed E-state index contributed by atoms with van der Waals surface area (Å²) in [6, 6.07) is 0. The Morgan fingerprint density at radius 1 is 1.35 bits per heavy atom. The molecule has 5 heteroatoms. The van der Waals surface area contributed by atoms with Gasteiger partial charge >= 0.3 is 4.87 Å². The molecule has 0 aliphatic carbocycles. The Bertz CT molecular complexity index is 565. The van der Waals surface area contributed by atoms with Crippen molar-refractivity contribution in [1.82, 2.24) is 14.1 Å². The van der Waals surface area contributed by atoms with Crippen LogP contribution in [-0.2, 0) is 19.5 Å². The van der Waals surface area contributed by atoms with Crippen LogP contribution in [0.15, 0.2) is 16.4 Å². The van der Waals surface area contributed by atoms with E-state index in [1.54, 1.807) is 0 Å². The van der Waals surface area contributed by atoms with Crippen molar-refractivity contribution in [2.75, 3.05) is 0 Å². The fourth-order valence-corrected chi connectivity index (χ4v) is 2.72. The number of aromatic nitrogens is 3. The van der Waals surface area contributed by atoms with Crippen molar-refractivity contribution < 1.29 is 0 Å². The number of hydrogen-bond acceptors (Lipinski definition) is 3. The van der Waals surface area contributed by atoms with Crippen molar-refractivity contribution in [3.63, 3.8) is 0 Å². The van der Waals surface area contributed by atoms with E-state index < -0.39 is 0 Å². The molecular formula is C12H17N3OS. The number of hydrogen-bond donors (Lipinski definition) is 0. The first-order valence-corrected chi connectivity index (χ1v) is 6.67. The van der Waals surface area contributed by atoms with Crippen LogP contribution in [0.3, 0.4) is 0 Å². The van der Waals surface area contributed by atoms with E-state index in [-0.39, 0.29) is 4.87 Å². The van der Waals surface area contributed by atoms with Crippen molar-refractivity contribution in [3.8, 4) is 0 Å². The maximum Gasteiger partial charge on any atom is 0.307 e. The molecule has 0 spiro atoms. The molecule has 92 valence electrons. The summed E-state index contributed by atoms with van der Waals surface area (Å²) in [5, 5.41) is 1.90. The SMILES string of the molecule is CCc1nc(C)cn1CCn1c(C)csc1=O. The molecule has 2 aromatic rings. The molecule has 0 amide bonds. The summed E-state index contributed by atoms with van der Waals surface area (Å²) in [6.07, 6.45) is 2.97. The predicted molar refractivity (Wildman–Crippen MR) is 69.7 cm³/mol. The van der Waals surface area contributed by atoms with Crippen LogP contribution in [-0.4, -0.2) is 14.1 Å². The van der Waals surface area contributed by atoms with Crippen molar-refractivity contribution in [2.45, 2.75) is 40.3 Å². The van der Waals surface area contributed by atoms with Gasteiger partial charge in [-0.2, -0.15) is 0 Å². The van der Waals surface area contributed by atoms with Gasteiger partial charge in [0.1, 0.15) is 5.82 Å². The van der Waals surface area contributed by atoms with E-state index in [0.29, 0.717) is 0 Å². The molecule has 0 atom stereocenters. The third-order valence-corrected chi connectivity index (χ3v) is 3.72. The average molecular weight is 251 g/mol. The Morgan fingerprint density at radius 2 is 2.12 bits per heavy atom. The molecule has 2 rings (SSSR count). The smallest absolute Gasteiger partial charge is 0.307 e. The average Bonchev–Trinajstić information content (AvgIpc) is 2.81. The first kappa shape index (κ1) is 12.1. The Balaban J connectivity index is 2.15. The highest BCUT2D eigenvalue weighted by atomic mass is 32.1. The Kier molecular flexibility index (Phi) is 3.47. The second-order valence-corrected chi connectivity index (χ2v) is 4.96. The molecular weight excluding hydrogens is 234 g/mol. The zero-order valence-electron chi connectivity index (χ0n) is 10.4. The molecule has 0 aliphatic rings. The molecule has 0 bridgehead atoms. The molecule has 0 saturated heterocycles. The number of aryl methyl sites for hydroxylation is 4. The fraction of sp³-hybridized carbons (Fsp3) is 0.500. The quantitative estimate of drug-likeness (QED) is 0.833. The van der Waals surface area contributed by atoms with Crippen LogP contribution in [0.5, 0.6) is 0 Å². The van der Waals surface area contributed by atoms with Crippen molar-refractivity contribution >= 4 is 11.3 Å². The zero-order chi connectivity index (χ0) is 12.4. The van der Waals surface area contributed by atoms with Gasteiger partial charge in [-0.25, -0.2) is 4.98 Å². The second kappa shape index (κ2) is 4.87. The minimum Gasteiger partial charge on any atom is -0.333 e.